The molecule has 0 saturated carbocycles. The van der Waals surface area contributed by atoms with E-state index in [1.165, 1.54) is 22.3 Å². The van der Waals surface area contributed by atoms with Crippen molar-refractivity contribution in [1.29, 1.82) is 0 Å². The van der Waals surface area contributed by atoms with Crippen molar-refractivity contribution in [3.63, 3.8) is 0 Å². The van der Waals surface area contributed by atoms with Gasteiger partial charge in [0, 0.05) is 42.8 Å². The van der Waals surface area contributed by atoms with E-state index < -0.39 is 27.3 Å². The Bertz CT molecular complexity index is 2440. The molecule has 44 heavy (non-hydrogen) atoms. The van der Waals surface area contributed by atoms with Gasteiger partial charge in [-0.2, -0.15) is 0 Å². The van der Waals surface area contributed by atoms with Crippen molar-refractivity contribution in [2.24, 2.45) is 0 Å². The second-order valence-electron chi connectivity index (χ2n) is 12.7. The van der Waals surface area contributed by atoms with Crippen LogP contribution in [0.15, 0.2) is 117 Å². The van der Waals surface area contributed by atoms with Gasteiger partial charge >= 0.3 is 19.1 Å². The second kappa shape index (κ2) is 6.58. The largest absolute Gasteiger partial charge is 0.456 e. The fourth-order valence-corrected chi connectivity index (χ4v) is 12.9. The lowest BCUT2D eigenvalue weighted by atomic mass is 9.34. The highest BCUT2D eigenvalue weighted by molar-refractivity contribution is 7.86. The van der Waals surface area contributed by atoms with Crippen LogP contribution in [0.3, 0.4) is 0 Å². The molecule has 9 heteroatoms. The van der Waals surface area contributed by atoms with Crippen molar-refractivity contribution in [2.75, 3.05) is 0 Å². The van der Waals surface area contributed by atoms with Gasteiger partial charge in [-0.15, -0.1) is 9.13 Å². The van der Waals surface area contributed by atoms with Crippen LogP contribution < -0.4 is 46.9 Å². The standard InChI is InChI=1S/C35H16B2N2O3S2/c40-43-23-9-1-5-17-19-7-3-15-38-33(19)36(29(17)23)31-25(43)13-11-21-27(31)35(38)28-22(42-21)12-14-26-32(28)37-30-18(6-2-10-24(30)44(26)41)20-8-4-16-39(35)34(20)37/h1-16H/q+2. The maximum atomic E-state index is 14.4. The minimum Gasteiger partial charge on any atom is -0.456 e. The molecule has 7 aliphatic rings. The predicted molar refractivity (Wildman–Crippen MR) is 167 cm³/mol. The van der Waals surface area contributed by atoms with Crippen LogP contribution in [0.25, 0.3) is 22.3 Å². The summed E-state index contributed by atoms with van der Waals surface area (Å²) in [4.78, 5) is 3.54. The molecule has 5 nitrogen and oxygen atoms in total. The number of pyridine rings is 2. The molecule has 2 unspecified atom stereocenters. The van der Waals surface area contributed by atoms with E-state index in [1.807, 2.05) is 48.5 Å². The molecule has 9 heterocycles. The first-order valence-electron chi connectivity index (χ1n) is 14.9. The molecule has 2 atom stereocenters. The maximum Gasteiger partial charge on any atom is 0.420 e. The van der Waals surface area contributed by atoms with E-state index in [4.69, 9.17) is 4.74 Å². The molecule has 0 bridgehead atoms. The number of nitrogens with zero attached hydrogens (tertiary/aromatic N) is 2. The van der Waals surface area contributed by atoms with Gasteiger partial charge in [-0.1, -0.05) is 24.3 Å². The first kappa shape index (κ1) is 22.0. The third kappa shape index (κ3) is 1.90. The van der Waals surface area contributed by atoms with E-state index in [0.29, 0.717) is 0 Å². The number of fused-ring (bicyclic) bond motifs is 2. The van der Waals surface area contributed by atoms with E-state index in [-0.39, 0.29) is 13.4 Å². The van der Waals surface area contributed by atoms with Crippen LogP contribution in [0, 0.1) is 0 Å². The highest BCUT2D eigenvalue weighted by Gasteiger charge is 2.74. The minimum absolute atomic E-state index is 0.0385. The van der Waals surface area contributed by atoms with Crippen molar-refractivity contribution in [1.82, 2.24) is 0 Å². The van der Waals surface area contributed by atoms with Crippen molar-refractivity contribution in [2.45, 2.75) is 25.2 Å². The summed E-state index contributed by atoms with van der Waals surface area (Å²) >= 11 is 0. The number of benzene rings is 4. The van der Waals surface area contributed by atoms with Crippen LogP contribution in [-0.4, -0.2) is 21.8 Å². The zero-order chi connectivity index (χ0) is 28.4. The summed E-state index contributed by atoms with van der Waals surface area (Å²) in [7, 11) is -2.66. The number of hydrogen-bond acceptors (Lipinski definition) is 3. The third-order valence-corrected chi connectivity index (χ3v) is 14.3. The summed E-state index contributed by atoms with van der Waals surface area (Å²) < 4.78 is 40.7. The van der Waals surface area contributed by atoms with Crippen LogP contribution in [0.2, 0.25) is 0 Å². The summed E-state index contributed by atoms with van der Waals surface area (Å²) in [5, 5.41) is 0. The minimum atomic E-state index is -1.33. The van der Waals surface area contributed by atoms with Crippen molar-refractivity contribution in [3.05, 3.63) is 108 Å². The molecule has 0 aliphatic carbocycles. The quantitative estimate of drug-likeness (QED) is 0.186. The molecular formula is C35H16B2N2O3S2+2. The summed E-state index contributed by atoms with van der Waals surface area (Å²) in [6.07, 6.45) is 4.45. The van der Waals surface area contributed by atoms with E-state index in [9.17, 15) is 8.42 Å². The smallest absolute Gasteiger partial charge is 0.420 e. The molecule has 7 aliphatic heterocycles. The Hall–Kier alpha value is -4.59. The van der Waals surface area contributed by atoms with Crippen molar-refractivity contribution in [3.8, 4) is 33.8 Å². The van der Waals surface area contributed by atoms with Crippen LogP contribution in [-0.2, 0) is 27.3 Å². The zero-order valence-corrected chi connectivity index (χ0v) is 24.5. The van der Waals surface area contributed by atoms with Crippen LogP contribution in [0.5, 0.6) is 11.5 Å². The second-order valence-corrected chi connectivity index (χ2v) is 15.5. The van der Waals surface area contributed by atoms with Gasteiger partial charge in [0.2, 0.25) is 0 Å². The Labute approximate surface area is 256 Å². The lowest BCUT2D eigenvalue weighted by Crippen LogP contribution is -2.93. The summed E-state index contributed by atoms with van der Waals surface area (Å²) in [6.45, 7) is -0.0771. The molecule has 200 valence electrons. The fourth-order valence-electron chi connectivity index (χ4n) is 9.99. The molecule has 0 fully saturated rings. The van der Waals surface area contributed by atoms with Gasteiger partial charge < -0.3 is 4.74 Å². The monoisotopic (exact) mass is 598 g/mol. The van der Waals surface area contributed by atoms with Gasteiger partial charge in [-0.3, -0.25) is 0 Å². The maximum absolute atomic E-state index is 14.4. The molecule has 6 aromatic rings. The lowest BCUT2D eigenvalue weighted by Gasteiger charge is -2.43. The van der Waals surface area contributed by atoms with Gasteiger partial charge in [0.1, 0.15) is 22.6 Å². The molecular weight excluding hydrogens is 582 g/mol. The Morgan fingerprint density at radius 1 is 0.523 bits per heavy atom. The zero-order valence-electron chi connectivity index (χ0n) is 22.8. The average Bonchev–Trinajstić information content (AvgIpc) is 3.59. The van der Waals surface area contributed by atoms with Crippen molar-refractivity contribution >= 4 is 68.1 Å². The van der Waals surface area contributed by atoms with Crippen LogP contribution in [0.4, 0.5) is 0 Å². The summed E-state index contributed by atoms with van der Waals surface area (Å²) in [6, 6.07) is 29.4. The third-order valence-electron chi connectivity index (χ3n) is 11.2. The molecule has 0 radical (unpaired) electrons. The predicted octanol–water partition coefficient (Wildman–Crippen LogP) is 0.245. The Kier molecular flexibility index (Phi) is 3.29. The van der Waals surface area contributed by atoms with Crippen molar-refractivity contribution < 1.29 is 22.3 Å². The van der Waals surface area contributed by atoms with E-state index in [2.05, 4.69) is 57.9 Å². The molecule has 0 saturated heterocycles. The fraction of sp³-hybridized carbons (Fsp3) is 0.0286. The van der Waals surface area contributed by atoms with E-state index in [0.717, 1.165) is 75.2 Å². The normalized spacial score (nSPS) is 22.5. The van der Waals surface area contributed by atoms with Gasteiger partial charge in [-0.05, 0) is 81.5 Å². The Morgan fingerprint density at radius 2 is 0.977 bits per heavy atom. The number of aromatic nitrogens is 2. The Morgan fingerprint density at radius 3 is 1.48 bits per heavy atom. The van der Waals surface area contributed by atoms with Crippen LogP contribution in [0.1, 0.15) is 11.1 Å². The SMILES string of the molecule is O=S1c2cccc3c2B2c4c1ccc1c4C4(c5c(ccc6c5B5c7c(cccc7S6=O)-c6ccc[n+]4c65)O1)[n+]1cccc-3c12. The van der Waals surface area contributed by atoms with Gasteiger partial charge in [-0.25, -0.2) is 8.42 Å². The molecule has 0 amide bonds. The highest BCUT2D eigenvalue weighted by Crippen LogP contribution is 2.50. The van der Waals surface area contributed by atoms with Gasteiger partial charge in [0.15, 0.2) is 23.6 Å². The average molecular weight is 598 g/mol. The molecule has 1 spiro atoms. The van der Waals surface area contributed by atoms with Crippen LogP contribution >= 0.6 is 0 Å². The molecule has 13 rings (SSSR count). The lowest BCUT2D eigenvalue weighted by molar-refractivity contribution is -0.958. The van der Waals surface area contributed by atoms with E-state index in [1.54, 1.807) is 0 Å². The highest BCUT2D eigenvalue weighted by atomic mass is 32.2. The topological polar surface area (TPSA) is 51.1 Å². The van der Waals surface area contributed by atoms with Gasteiger partial charge in [0.05, 0.1) is 21.6 Å². The summed E-state index contributed by atoms with van der Waals surface area (Å²) in [5.41, 5.74) is 12.9. The number of ether oxygens (including phenoxy) is 1. The first-order valence-corrected chi connectivity index (χ1v) is 17.2. The molecule has 2 aromatic heterocycles. The first-order chi connectivity index (χ1) is 21.7. The Balaban J connectivity index is 1.33. The van der Waals surface area contributed by atoms with E-state index >= 15 is 0 Å². The molecule has 0 N–H and O–H groups in total. The number of hydrogen-bond donors (Lipinski definition) is 0. The van der Waals surface area contributed by atoms with Gasteiger partial charge in [0.25, 0.3) is 0 Å². The number of rotatable bonds is 0. The molecule has 4 aromatic carbocycles. The summed E-state index contributed by atoms with van der Waals surface area (Å²) in [5.74, 6) is 1.59.